The van der Waals surface area contributed by atoms with Gasteiger partial charge in [0.25, 0.3) is 0 Å². The summed E-state index contributed by atoms with van der Waals surface area (Å²) in [6, 6.07) is 0. The fraction of sp³-hybridized carbons (Fsp3) is 0.667. The van der Waals surface area contributed by atoms with E-state index in [2.05, 4.69) is 24.8 Å². The number of ether oxygens (including phenoxy) is 1. The van der Waals surface area contributed by atoms with Crippen LogP contribution in [0.15, 0.2) is 12.7 Å². The maximum atomic E-state index is 10.3. The second kappa shape index (κ2) is 5.17. The summed E-state index contributed by atoms with van der Waals surface area (Å²) in [6.07, 6.45) is 5.80. The average Bonchev–Trinajstić information content (AvgIpc) is 3.03. The molecule has 2 aliphatic rings. The highest BCUT2D eigenvalue weighted by molar-refractivity contribution is 5.82. The Morgan fingerprint density at radius 1 is 1.36 bits per heavy atom. The van der Waals surface area contributed by atoms with Gasteiger partial charge in [-0.1, -0.05) is 0 Å². The minimum absolute atomic E-state index is 0.0629. The highest BCUT2D eigenvalue weighted by atomic mass is 16.5. The van der Waals surface area contributed by atoms with E-state index < -0.39 is 0 Å². The molecular weight excluding hydrogens is 282 g/mol. The highest BCUT2D eigenvalue weighted by Gasteiger charge is 2.56. The van der Waals surface area contributed by atoms with Gasteiger partial charge in [-0.15, -0.1) is 0 Å². The number of rotatable bonds is 3. The molecule has 0 bridgehead atoms. The van der Waals surface area contributed by atoms with Gasteiger partial charge < -0.3 is 19.7 Å². The number of aliphatic hydroxyl groups is 1. The van der Waals surface area contributed by atoms with Crippen LogP contribution < -0.4 is 4.90 Å². The molecule has 4 rings (SSSR count). The number of nitrogens with zero attached hydrogens (tertiary/aromatic N) is 4. The summed E-state index contributed by atoms with van der Waals surface area (Å²) in [7, 11) is 0. The Morgan fingerprint density at radius 2 is 2.18 bits per heavy atom. The standard InChI is InChI=1S/C15H21N5O2/c1-2-22-11-7-10(21)15(11)3-5-20(6-4-15)14-12-13(17-8-16-12)18-9-19-14/h8-11,21H,2-7H2,1H3,(H,16,17,18,19). The molecule has 0 amide bonds. The number of aliphatic hydroxyl groups excluding tert-OH is 1. The lowest BCUT2D eigenvalue weighted by Gasteiger charge is -2.56. The molecule has 1 saturated heterocycles. The van der Waals surface area contributed by atoms with Gasteiger partial charge in [-0.3, -0.25) is 0 Å². The molecule has 7 nitrogen and oxygen atoms in total. The second-order valence-corrected chi connectivity index (χ2v) is 6.21. The predicted molar refractivity (Wildman–Crippen MR) is 81.6 cm³/mol. The van der Waals surface area contributed by atoms with Crippen LogP contribution in [0.4, 0.5) is 5.82 Å². The van der Waals surface area contributed by atoms with E-state index in [0.29, 0.717) is 12.3 Å². The normalized spacial score (nSPS) is 27.3. The zero-order valence-corrected chi connectivity index (χ0v) is 12.7. The van der Waals surface area contributed by atoms with Crippen molar-refractivity contribution in [3.8, 4) is 0 Å². The summed E-state index contributed by atoms with van der Waals surface area (Å²) < 4.78 is 5.82. The number of piperidine rings is 1. The number of hydrogen-bond acceptors (Lipinski definition) is 6. The molecule has 0 aromatic carbocycles. The quantitative estimate of drug-likeness (QED) is 0.883. The summed E-state index contributed by atoms with van der Waals surface area (Å²) in [6.45, 7) is 4.46. The zero-order valence-electron chi connectivity index (χ0n) is 12.7. The third kappa shape index (κ3) is 1.92. The number of fused-ring (bicyclic) bond motifs is 1. The van der Waals surface area contributed by atoms with Gasteiger partial charge in [0.1, 0.15) is 11.8 Å². The first-order valence-electron chi connectivity index (χ1n) is 7.93. The topological polar surface area (TPSA) is 87.2 Å². The van der Waals surface area contributed by atoms with Crippen LogP contribution >= 0.6 is 0 Å². The molecule has 2 N–H and O–H groups in total. The summed E-state index contributed by atoms with van der Waals surface area (Å²) in [5, 5.41) is 10.3. The Kier molecular flexibility index (Phi) is 3.27. The summed E-state index contributed by atoms with van der Waals surface area (Å²) in [5.41, 5.74) is 1.52. The van der Waals surface area contributed by atoms with Gasteiger partial charge in [0.15, 0.2) is 11.5 Å². The van der Waals surface area contributed by atoms with E-state index in [1.807, 2.05) is 6.92 Å². The van der Waals surface area contributed by atoms with Crippen molar-refractivity contribution < 1.29 is 9.84 Å². The molecule has 1 aliphatic carbocycles. The molecule has 7 heteroatoms. The van der Waals surface area contributed by atoms with Crippen LogP contribution in [0.1, 0.15) is 26.2 Å². The van der Waals surface area contributed by atoms with Crippen molar-refractivity contribution in [2.45, 2.75) is 38.4 Å². The lowest BCUT2D eigenvalue weighted by atomic mass is 9.58. The molecule has 1 aliphatic heterocycles. The van der Waals surface area contributed by atoms with E-state index in [9.17, 15) is 5.11 Å². The molecule has 1 saturated carbocycles. The third-order valence-electron chi connectivity index (χ3n) is 5.31. The molecule has 22 heavy (non-hydrogen) atoms. The van der Waals surface area contributed by atoms with Crippen LogP contribution in [-0.4, -0.2) is 56.9 Å². The second-order valence-electron chi connectivity index (χ2n) is 6.21. The Morgan fingerprint density at radius 3 is 2.91 bits per heavy atom. The van der Waals surface area contributed by atoms with Crippen LogP contribution in [-0.2, 0) is 4.74 Å². The smallest absolute Gasteiger partial charge is 0.182 e. The van der Waals surface area contributed by atoms with E-state index in [1.165, 1.54) is 0 Å². The number of H-pyrrole nitrogens is 1. The highest BCUT2D eigenvalue weighted by Crippen LogP contribution is 2.51. The predicted octanol–water partition coefficient (Wildman–Crippen LogP) is 1.11. The fourth-order valence-corrected chi connectivity index (χ4v) is 3.94. The first-order chi connectivity index (χ1) is 10.7. The number of aromatic nitrogens is 4. The van der Waals surface area contributed by atoms with Crippen molar-refractivity contribution in [2.24, 2.45) is 5.41 Å². The average molecular weight is 303 g/mol. The SMILES string of the molecule is CCOC1CC(O)C12CCN(c1ncnc3nc[nH]c13)CC2. The van der Waals surface area contributed by atoms with Crippen molar-refractivity contribution in [3.63, 3.8) is 0 Å². The maximum absolute atomic E-state index is 10.3. The molecule has 1 spiro atoms. The summed E-state index contributed by atoms with van der Waals surface area (Å²) >= 11 is 0. The molecule has 0 radical (unpaired) electrons. The lowest BCUT2D eigenvalue weighted by Crippen LogP contribution is -2.62. The Labute approximate surface area is 128 Å². The van der Waals surface area contributed by atoms with E-state index in [1.54, 1.807) is 12.7 Å². The largest absolute Gasteiger partial charge is 0.392 e. The van der Waals surface area contributed by atoms with Crippen LogP contribution in [0.3, 0.4) is 0 Å². The Hall–Kier alpha value is -1.73. The minimum atomic E-state index is -0.233. The van der Waals surface area contributed by atoms with Gasteiger partial charge in [0.2, 0.25) is 0 Å². The van der Waals surface area contributed by atoms with Crippen LogP contribution in [0, 0.1) is 5.41 Å². The molecule has 2 atom stereocenters. The summed E-state index contributed by atoms with van der Waals surface area (Å²) in [4.78, 5) is 18.1. The number of anilines is 1. The van der Waals surface area contributed by atoms with Gasteiger partial charge in [-0.2, -0.15) is 0 Å². The minimum Gasteiger partial charge on any atom is -0.392 e. The van der Waals surface area contributed by atoms with Crippen molar-refractivity contribution >= 4 is 17.0 Å². The van der Waals surface area contributed by atoms with Crippen molar-refractivity contribution in [3.05, 3.63) is 12.7 Å². The van der Waals surface area contributed by atoms with E-state index in [-0.39, 0.29) is 17.6 Å². The maximum Gasteiger partial charge on any atom is 0.182 e. The van der Waals surface area contributed by atoms with Gasteiger partial charge in [-0.05, 0) is 19.8 Å². The molecule has 2 fully saturated rings. The first-order valence-corrected chi connectivity index (χ1v) is 7.93. The van der Waals surface area contributed by atoms with Gasteiger partial charge in [-0.25, -0.2) is 15.0 Å². The van der Waals surface area contributed by atoms with E-state index in [4.69, 9.17) is 4.74 Å². The van der Waals surface area contributed by atoms with Crippen molar-refractivity contribution in [1.82, 2.24) is 19.9 Å². The molecular formula is C15H21N5O2. The van der Waals surface area contributed by atoms with Crippen LogP contribution in [0.25, 0.3) is 11.2 Å². The number of aromatic amines is 1. The molecule has 3 heterocycles. The monoisotopic (exact) mass is 303 g/mol. The molecule has 2 unspecified atom stereocenters. The van der Waals surface area contributed by atoms with Crippen LogP contribution in [0.5, 0.6) is 0 Å². The Bertz CT molecular complexity index is 663. The number of hydrogen-bond donors (Lipinski definition) is 2. The summed E-state index contributed by atoms with van der Waals surface area (Å²) in [5.74, 6) is 0.902. The third-order valence-corrected chi connectivity index (χ3v) is 5.31. The fourth-order valence-electron chi connectivity index (χ4n) is 3.94. The van der Waals surface area contributed by atoms with Gasteiger partial charge in [0, 0.05) is 31.5 Å². The first kappa shape index (κ1) is 13.9. The van der Waals surface area contributed by atoms with Crippen molar-refractivity contribution in [2.75, 3.05) is 24.6 Å². The van der Waals surface area contributed by atoms with E-state index in [0.717, 1.165) is 43.7 Å². The number of imidazole rings is 1. The van der Waals surface area contributed by atoms with Crippen molar-refractivity contribution in [1.29, 1.82) is 0 Å². The van der Waals surface area contributed by atoms with Gasteiger partial charge in [0.05, 0.1) is 18.5 Å². The number of nitrogens with one attached hydrogen (secondary N) is 1. The van der Waals surface area contributed by atoms with Gasteiger partial charge >= 0.3 is 0 Å². The zero-order chi connectivity index (χ0) is 15.2. The molecule has 118 valence electrons. The Balaban J connectivity index is 1.53. The van der Waals surface area contributed by atoms with Crippen LogP contribution in [0.2, 0.25) is 0 Å². The molecule has 2 aromatic heterocycles. The molecule has 2 aromatic rings. The van der Waals surface area contributed by atoms with E-state index >= 15 is 0 Å². The lowest BCUT2D eigenvalue weighted by molar-refractivity contribution is -0.199.